The van der Waals surface area contributed by atoms with Crippen LogP contribution >= 0.6 is 15.9 Å². The fraction of sp³-hybridized carbons (Fsp3) is 0.500. The number of methoxy groups -OCH3 is 1. The molecule has 0 bridgehead atoms. The lowest BCUT2D eigenvalue weighted by atomic mass is 10.2. The number of nitrogens with zero attached hydrogens (tertiary/aromatic N) is 2. The Labute approximate surface area is 125 Å². The molecule has 0 saturated heterocycles. The summed E-state index contributed by atoms with van der Waals surface area (Å²) < 4.78 is 18.5. The van der Waals surface area contributed by atoms with Gasteiger partial charge in [0.05, 0.1) is 16.0 Å². The molecule has 1 aromatic rings. The van der Waals surface area contributed by atoms with Gasteiger partial charge in [-0.3, -0.25) is 10.1 Å². The number of nitro groups is 1. The van der Waals surface area contributed by atoms with Crippen LogP contribution in [0.1, 0.15) is 0 Å². The van der Waals surface area contributed by atoms with Gasteiger partial charge in [0.15, 0.2) is 0 Å². The van der Waals surface area contributed by atoms with Crippen LogP contribution < -0.4 is 5.32 Å². The van der Waals surface area contributed by atoms with E-state index in [0.717, 1.165) is 18.7 Å². The first-order valence-corrected chi connectivity index (χ1v) is 6.79. The maximum absolute atomic E-state index is 13.4. The summed E-state index contributed by atoms with van der Waals surface area (Å²) in [5.74, 6) is -0.536. The molecule has 0 aliphatic carbocycles. The molecule has 0 radical (unpaired) electrons. The van der Waals surface area contributed by atoms with Gasteiger partial charge in [0, 0.05) is 38.9 Å². The zero-order chi connectivity index (χ0) is 15.1. The van der Waals surface area contributed by atoms with Gasteiger partial charge >= 0.3 is 0 Å². The van der Waals surface area contributed by atoms with Gasteiger partial charge in [-0.15, -0.1) is 0 Å². The predicted octanol–water partition coefficient (Wildman–Crippen LogP) is 2.49. The molecule has 0 amide bonds. The van der Waals surface area contributed by atoms with Gasteiger partial charge in [-0.05, 0) is 23.0 Å². The molecule has 0 aromatic heterocycles. The number of hydrogen-bond acceptors (Lipinski definition) is 5. The average Bonchev–Trinajstić information content (AvgIpc) is 2.39. The van der Waals surface area contributed by atoms with E-state index in [2.05, 4.69) is 21.2 Å². The van der Waals surface area contributed by atoms with Crippen LogP contribution in [0.5, 0.6) is 0 Å². The summed E-state index contributed by atoms with van der Waals surface area (Å²) in [7, 11) is 3.54. The second-order valence-electron chi connectivity index (χ2n) is 4.26. The Kier molecular flexibility index (Phi) is 6.83. The first-order chi connectivity index (χ1) is 9.45. The number of benzene rings is 1. The maximum Gasteiger partial charge on any atom is 0.293 e. The summed E-state index contributed by atoms with van der Waals surface area (Å²) in [4.78, 5) is 12.4. The van der Waals surface area contributed by atoms with Crippen molar-refractivity contribution in [3.8, 4) is 0 Å². The Balaban J connectivity index is 2.63. The van der Waals surface area contributed by atoms with Crippen LogP contribution in [0.2, 0.25) is 0 Å². The number of anilines is 1. The molecule has 6 nitrogen and oxygen atoms in total. The summed E-state index contributed by atoms with van der Waals surface area (Å²) in [6.07, 6.45) is 0. The van der Waals surface area contributed by atoms with Crippen molar-refractivity contribution in [3.05, 3.63) is 32.5 Å². The van der Waals surface area contributed by atoms with Gasteiger partial charge in [0.2, 0.25) is 0 Å². The molecular weight excluding hydrogens is 333 g/mol. The predicted molar refractivity (Wildman–Crippen MR) is 78.6 cm³/mol. The fourth-order valence-electron chi connectivity index (χ4n) is 1.57. The Bertz CT molecular complexity index is 474. The van der Waals surface area contributed by atoms with Crippen molar-refractivity contribution < 1.29 is 14.1 Å². The zero-order valence-electron chi connectivity index (χ0n) is 11.4. The molecule has 0 spiro atoms. The third-order valence-electron chi connectivity index (χ3n) is 2.72. The summed E-state index contributed by atoms with van der Waals surface area (Å²) in [5.41, 5.74) is 0.0219. The van der Waals surface area contributed by atoms with E-state index in [-0.39, 0.29) is 15.8 Å². The molecule has 8 heteroatoms. The van der Waals surface area contributed by atoms with Crippen molar-refractivity contribution in [2.45, 2.75) is 0 Å². The first-order valence-electron chi connectivity index (χ1n) is 6.00. The normalized spacial score (nSPS) is 10.8. The standard InChI is InChI=1S/C12H17BrFN3O3/c1-16(5-6-20-2)4-3-15-11-8-10(14)9(13)7-12(11)17(18)19/h7-8,15H,3-6H2,1-2H3. The average molecular weight is 350 g/mol. The third kappa shape index (κ3) is 5.03. The second kappa shape index (κ2) is 8.13. The van der Waals surface area contributed by atoms with E-state index in [1.165, 1.54) is 0 Å². The monoisotopic (exact) mass is 349 g/mol. The summed E-state index contributed by atoms with van der Waals surface area (Å²) in [6, 6.07) is 2.28. The zero-order valence-corrected chi connectivity index (χ0v) is 12.9. The molecule has 0 heterocycles. The maximum atomic E-state index is 13.4. The van der Waals surface area contributed by atoms with E-state index in [1.807, 2.05) is 11.9 Å². The molecule has 0 unspecified atom stereocenters. The molecule has 1 N–H and O–H groups in total. The smallest absolute Gasteiger partial charge is 0.293 e. The van der Waals surface area contributed by atoms with Crippen molar-refractivity contribution >= 4 is 27.3 Å². The first kappa shape index (κ1) is 16.8. The van der Waals surface area contributed by atoms with Crippen molar-refractivity contribution in [2.24, 2.45) is 0 Å². The van der Waals surface area contributed by atoms with Gasteiger partial charge in [0.1, 0.15) is 11.5 Å². The number of nitrogens with one attached hydrogen (secondary N) is 1. The molecule has 0 fully saturated rings. The highest BCUT2D eigenvalue weighted by Gasteiger charge is 2.17. The lowest BCUT2D eigenvalue weighted by Gasteiger charge is -2.16. The van der Waals surface area contributed by atoms with Gasteiger partial charge in [-0.25, -0.2) is 4.39 Å². The minimum absolute atomic E-state index is 0.0759. The molecule has 1 aromatic carbocycles. The van der Waals surface area contributed by atoms with Crippen molar-refractivity contribution in [1.29, 1.82) is 0 Å². The van der Waals surface area contributed by atoms with Crippen LogP contribution in [0.3, 0.4) is 0 Å². The third-order valence-corrected chi connectivity index (χ3v) is 3.33. The van der Waals surface area contributed by atoms with Crippen LogP contribution in [0.15, 0.2) is 16.6 Å². The van der Waals surface area contributed by atoms with Crippen LogP contribution in [0.4, 0.5) is 15.8 Å². The van der Waals surface area contributed by atoms with E-state index in [4.69, 9.17) is 4.74 Å². The van der Waals surface area contributed by atoms with Crippen LogP contribution in [0, 0.1) is 15.9 Å². The van der Waals surface area contributed by atoms with E-state index in [0.29, 0.717) is 19.7 Å². The van der Waals surface area contributed by atoms with Crippen molar-refractivity contribution in [3.63, 3.8) is 0 Å². The van der Waals surface area contributed by atoms with E-state index < -0.39 is 10.7 Å². The van der Waals surface area contributed by atoms with E-state index >= 15 is 0 Å². The highest BCUT2D eigenvalue weighted by Crippen LogP contribution is 2.30. The Morgan fingerprint density at radius 2 is 2.20 bits per heavy atom. The quantitative estimate of drug-likeness (QED) is 0.576. The molecule has 0 atom stereocenters. The number of nitro benzene ring substituents is 1. The topological polar surface area (TPSA) is 67.6 Å². The van der Waals surface area contributed by atoms with Crippen molar-refractivity contribution in [2.75, 3.05) is 45.7 Å². The Morgan fingerprint density at radius 3 is 2.80 bits per heavy atom. The number of likely N-dealkylation sites (N-methyl/N-ethyl adjacent to an activating group) is 1. The van der Waals surface area contributed by atoms with Crippen LogP contribution in [-0.2, 0) is 4.74 Å². The summed E-state index contributed by atoms with van der Waals surface area (Å²) >= 11 is 2.94. The van der Waals surface area contributed by atoms with E-state index in [1.54, 1.807) is 7.11 Å². The summed E-state index contributed by atoms with van der Waals surface area (Å²) in [6.45, 7) is 2.51. The molecule has 0 aliphatic heterocycles. The number of ether oxygens (including phenoxy) is 1. The van der Waals surface area contributed by atoms with Gasteiger partial charge in [-0.1, -0.05) is 0 Å². The largest absolute Gasteiger partial charge is 0.383 e. The molecule has 1 rings (SSSR count). The number of hydrogen-bond donors (Lipinski definition) is 1. The minimum Gasteiger partial charge on any atom is -0.383 e. The van der Waals surface area contributed by atoms with Gasteiger partial charge in [0.25, 0.3) is 5.69 Å². The van der Waals surface area contributed by atoms with Gasteiger partial charge in [-0.2, -0.15) is 0 Å². The van der Waals surface area contributed by atoms with Crippen molar-refractivity contribution in [1.82, 2.24) is 4.90 Å². The number of halogens is 2. The highest BCUT2D eigenvalue weighted by atomic mass is 79.9. The second-order valence-corrected chi connectivity index (χ2v) is 5.12. The van der Waals surface area contributed by atoms with Gasteiger partial charge < -0.3 is 15.0 Å². The Hall–Kier alpha value is -1.25. The van der Waals surface area contributed by atoms with E-state index in [9.17, 15) is 14.5 Å². The fourth-order valence-corrected chi connectivity index (χ4v) is 1.90. The van der Waals surface area contributed by atoms with Crippen LogP contribution in [-0.4, -0.2) is 50.2 Å². The SMILES string of the molecule is COCCN(C)CCNc1cc(F)c(Br)cc1[N+](=O)[O-]. The summed E-state index contributed by atoms with van der Waals surface area (Å²) in [5, 5.41) is 13.8. The number of rotatable bonds is 8. The molecule has 20 heavy (non-hydrogen) atoms. The highest BCUT2D eigenvalue weighted by molar-refractivity contribution is 9.10. The minimum atomic E-state index is -0.541. The lowest BCUT2D eigenvalue weighted by molar-refractivity contribution is -0.384. The molecule has 112 valence electrons. The molecule has 0 saturated carbocycles. The van der Waals surface area contributed by atoms with Crippen LogP contribution in [0.25, 0.3) is 0 Å². The molecule has 0 aliphatic rings. The molecular formula is C12H17BrFN3O3. The lowest BCUT2D eigenvalue weighted by Crippen LogP contribution is -2.28. The Morgan fingerprint density at radius 1 is 1.50 bits per heavy atom.